The lowest BCUT2D eigenvalue weighted by atomic mass is 10.2. The molecule has 1 saturated heterocycles. The molecule has 0 saturated carbocycles. The summed E-state index contributed by atoms with van der Waals surface area (Å²) >= 11 is 0. The van der Waals surface area contributed by atoms with E-state index in [0.717, 1.165) is 5.69 Å². The number of amides is 2. The monoisotopic (exact) mass is 422 g/mol. The van der Waals surface area contributed by atoms with Gasteiger partial charge in [0.1, 0.15) is 17.3 Å². The third-order valence-electron chi connectivity index (χ3n) is 5.08. The van der Waals surface area contributed by atoms with E-state index in [-0.39, 0.29) is 18.3 Å². The van der Waals surface area contributed by atoms with Crippen molar-refractivity contribution >= 4 is 11.7 Å². The van der Waals surface area contributed by atoms with E-state index >= 15 is 0 Å². The lowest BCUT2D eigenvalue weighted by molar-refractivity contribution is 0.193. The smallest absolute Gasteiger partial charge is 0.317 e. The topological polar surface area (TPSA) is 77.9 Å². The normalized spacial score (nSPS) is 13.7. The zero-order chi connectivity index (χ0) is 21.6. The first kappa shape index (κ1) is 20.5. The molecule has 1 aliphatic heterocycles. The number of nitrogens with zero attached hydrogens (tertiary/aromatic N) is 3. The maximum Gasteiger partial charge on any atom is 0.317 e. The molecule has 1 fully saturated rings. The highest BCUT2D eigenvalue weighted by Gasteiger charge is 2.22. The van der Waals surface area contributed by atoms with Gasteiger partial charge in [-0.3, -0.25) is 0 Å². The lowest BCUT2D eigenvalue weighted by Crippen LogP contribution is -2.51. The van der Waals surface area contributed by atoms with Crippen LogP contribution in [0, 0.1) is 5.82 Å². The molecule has 0 spiro atoms. The van der Waals surface area contributed by atoms with Crippen LogP contribution in [0.15, 0.2) is 66.9 Å². The van der Waals surface area contributed by atoms with Gasteiger partial charge in [-0.2, -0.15) is 0 Å². The van der Waals surface area contributed by atoms with Gasteiger partial charge in [0, 0.05) is 50.6 Å². The van der Waals surface area contributed by atoms with Gasteiger partial charge in [-0.25, -0.2) is 14.2 Å². The molecule has 3 aromatic rings. The van der Waals surface area contributed by atoms with Crippen LogP contribution in [-0.4, -0.2) is 47.2 Å². The van der Waals surface area contributed by atoms with Gasteiger partial charge >= 0.3 is 6.03 Å². The van der Waals surface area contributed by atoms with E-state index in [0.29, 0.717) is 43.4 Å². The Bertz CT molecular complexity index is 1050. The number of rotatable bonds is 5. The average Bonchev–Trinajstić information content (AvgIpc) is 2.79. The number of aromatic hydroxyl groups is 1. The number of ether oxygens (including phenoxy) is 1. The minimum Gasteiger partial charge on any atom is -0.506 e. The van der Waals surface area contributed by atoms with E-state index in [2.05, 4.69) is 15.2 Å². The van der Waals surface area contributed by atoms with Crippen molar-refractivity contribution in [2.75, 3.05) is 31.1 Å². The average molecular weight is 422 g/mol. The summed E-state index contributed by atoms with van der Waals surface area (Å²) in [6.07, 6.45) is 1.58. The van der Waals surface area contributed by atoms with Crippen LogP contribution < -0.4 is 15.0 Å². The maximum atomic E-state index is 13.4. The fourth-order valence-corrected chi connectivity index (χ4v) is 3.46. The van der Waals surface area contributed by atoms with Crippen molar-refractivity contribution in [2.24, 2.45) is 0 Å². The maximum absolute atomic E-state index is 13.4. The molecule has 1 aliphatic rings. The number of carbonyl (C=O) groups excluding carboxylic acids is 1. The molecule has 0 aliphatic carbocycles. The van der Waals surface area contributed by atoms with Gasteiger partial charge in [0.15, 0.2) is 0 Å². The standard InChI is InChI=1S/C23H23FN4O3/c24-18-6-3-7-19(15-18)31-22-17(5-4-10-25-22)16-26-23(30)28-13-11-27(12-14-28)20-8-1-2-9-21(20)29/h1-10,15,29H,11-14,16H2,(H,26,30). The number of carbonyl (C=O) groups is 1. The van der Waals surface area contributed by atoms with Crippen LogP contribution in [-0.2, 0) is 6.54 Å². The fourth-order valence-electron chi connectivity index (χ4n) is 3.46. The number of anilines is 1. The van der Waals surface area contributed by atoms with E-state index in [1.165, 1.54) is 12.1 Å². The summed E-state index contributed by atoms with van der Waals surface area (Å²) in [6, 6.07) is 16.4. The van der Waals surface area contributed by atoms with Crippen molar-refractivity contribution in [3.05, 3.63) is 78.2 Å². The molecule has 0 radical (unpaired) electrons. The number of phenols is 1. The number of hydrogen-bond donors (Lipinski definition) is 2. The number of aromatic nitrogens is 1. The van der Waals surface area contributed by atoms with Crippen LogP contribution in [0.4, 0.5) is 14.9 Å². The summed E-state index contributed by atoms with van der Waals surface area (Å²) in [6.45, 7) is 2.58. The molecule has 2 heterocycles. The SMILES string of the molecule is O=C(NCc1cccnc1Oc1cccc(F)c1)N1CCN(c2ccccc2O)CC1. The van der Waals surface area contributed by atoms with E-state index < -0.39 is 5.82 Å². The van der Waals surface area contributed by atoms with Gasteiger partial charge in [0.2, 0.25) is 5.88 Å². The molecule has 2 aromatic carbocycles. The Balaban J connectivity index is 1.33. The fraction of sp³-hybridized carbons (Fsp3) is 0.217. The van der Waals surface area contributed by atoms with Gasteiger partial charge in [0.25, 0.3) is 0 Å². The number of halogens is 1. The van der Waals surface area contributed by atoms with Crippen molar-refractivity contribution in [3.8, 4) is 17.4 Å². The van der Waals surface area contributed by atoms with Crippen molar-refractivity contribution in [3.63, 3.8) is 0 Å². The van der Waals surface area contributed by atoms with Crippen LogP contribution in [0.25, 0.3) is 0 Å². The minimum atomic E-state index is -0.397. The molecular weight excluding hydrogens is 399 g/mol. The molecule has 0 bridgehead atoms. The molecule has 8 heteroatoms. The van der Waals surface area contributed by atoms with E-state index in [1.54, 1.807) is 47.5 Å². The van der Waals surface area contributed by atoms with Gasteiger partial charge < -0.3 is 25.0 Å². The highest BCUT2D eigenvalue weighted by molar-refractivity contribution is 5.74. The zero-order valence-corrected chi connectivity index (χ0v) is 16.9. The van der Waals surface area contributed by atoms with Crippen molar-refractivity contribution in [1.29, 1.82) is 0 Å². The summed E-state index contributed by atoms with van der Waals surface area (Å²) < 4.78 is 19.1. The molecule has 4 rings (SSSR count). The Morgan fingerprint density at radius 2 is 1.87 bits per heavy atom. The summed E-state index contributed by atoms with van der Waals surface area (Å²) in [5, 5.41) is 12.9. The lowest BCUT2D eigenvalue weighted by Gasteiger charge is -2.36. The predicted molar refractivity (Wildman–Crippen MR) is 115 cm³/mol. The van der Waals surface area contributed by atoms with Crippen LogP contribution in [0.5, 0.6) is 17.4 Å². The van der Waals surface area contributed by atoms with Gasteiger partial charge in [-0.1, -0.05) is 24.3 Å². The third kappa shape index (κ3) is 5.03. The largest absolute Gasteiger partial charge is 0.506 e. The molecule has 160 valence electrons. The Morgan fingerprint density at radius 1 is 1.06 bits per heavy atom. The quantitative estimate of drug-likeness (QED) is 0.655. The number of benzene rings is 2. The molecular formula is C23H23FN4O3. The van der Waals surface area contributed by atoms with Crippen LogP contribution in [0.3, 0.4) is 0 Å². The molecule has 7 nitrogen and oxygen atoms in total. The van der Waals surface area contributed by atoms with E-state index in [4.69, 9.17) is 4.74 Å². The number of pyridine rings is 1. The second-order valence-corrected chi connectivity index (χ2v) is 7.15. The Kier molecular flexibility index (Phi) is 6.16. The molecule has 31 heavy (non-hydrogen) atoms. The molecule has 0 atom stereocenters. The number of urea groups is 1. The van der Waals surface area contributed by atoms with Crippen LogP contribution in [0.1, 0.15) is 5.56 Å². The molecule has 2 N–H and O–H groups in total. The number of hydrogen-bond acceptors (Lipinski definition) is 5. The first-order valence-electron chi connectivity index (χ1n) is 10.0. The van der Waals surface area contributed by atoms with Crippen LogP contribution >= 0.6 is 0 Å². The summed E-state index contributed by atoms with van der Waals surface area (Å²) in [5.74, 6) is 0.499. The molecule has 1 aromatic heterocycles. The minimum absolute atomic E-state index is 0.183. The van der Waals surface area contributed by atoms with Crippen molar-refractivity contribution in [1.82, 2.24) is 15.2 Å². The second kappa shape index (κ2) is 9.34. The van der Waals surface area contributed by atoms with Crippen molar-refractivity contribution in [2.45, 2.75) is 6.54 Å². The second-order valence-electron chi connectivity index (χ2n) is 7.15. The first-order valence-corrected chi connectivity index (χ1v) is 10.0. The number of para-hydroxylation sites is 2. The highest BCUT2D eigenvalue weighted by atomic mass is 19.1. The number of phenolic OH excluding ortho intramolecular Hbond substituents is 1. The molecule has 0 unspecified atom stereocenters. The summed E-state index contributed by atoms with van der Waals surface area (Å²) in [5.41, 5.74) is 1.46. The summed E-state index contributed by atoms with van der Waals surface area (Å²) in [7, 11) is 0. The van der Waals surface area contributed by atoms with E-state index in [1.807, 2.05) is 12.1 Å². The zero-order valence-electron chi connectivity index (χ0n) is 16.9. The van der Waals surface area contributed by atoms with Gasteiger partial charge in [-0.05, 0) is 30.3 Å². The number of nitrogens with one attached hydrogen (secondary N) is 1. The Hall–Kier alpha value is -3.81. The highest BCUT2D eigenvalue weighted by Crippen LogP contribution is 2.27. The Labute approximate surface area is 179 Å². The van der Waals surface area contributed by atoms with E-state index in [9.17, 15) is 14.3 Å². The Morgan fingerprint density at radius 3 is 2.65 bits per heavy atom. The van der Waals surface area contributed by atoms with Gasteiger partial charge in [-0.15, -0.1) is 0 Å². The van der Waals surface area contributed by atoms with Crippen molar-refractivity contribution < 1.29 is 19.0 Å². The summed E-state index contributed by atoms with van der Waals surface area (Å²) in [4.78, 5) is 20.6. The predicted octanol–water partition coefficient (Wildman–Crippen LogP) is 3.75. The first-order chi connectivity index (χ1) is 15.1. The number of piperazine rings is 1. The molecule has 2 amide bonds. The third-order valence-corrected chi connectivity index (χ3v) is 5.08. The van der Waals surface area contributed by atoms with Crippen LogP contribution in [0.2, 0.25) is 0 Å². The van der Waals surface area contributed by atoms with Gasteiger partial charge in [0.05, 0.1) is 5.69 Å².